The summed E-state index contributed by atoms with van der Waals surface area (Å²) in [6.07, 6.45) is 2.40. The molecule has 0 spiro atoms. The van der Waals surface area contributed by atoms with E-state index in [1.807, 2.05) is 13.0 Å². The summed E-state index contributed by atoms with van der Waals surface area (Å²) in [5.41, 5.74) is 1.05. The van der Waals surface area contributed by atoms with Crippen LogP contribution >= 0.6 is 0 Å². The van der Waals surface area contributed by atoms with Gasteiger partial charge >= 0.3 is 0 Å². The summed E-state index contributed by atoms with van der Waals surface area (Å²) in [7, 11) is 0. The fourth-order valence-electron chi connectivity index (χ4n) is 1.51. The zero-order valence-electron chi connectivity index (χ0n) is 8.49. The van der Waals surface area contributed by atoms with Gasteiger partial charge in [0.05, 0.1) is 5.92 Å². The number of amides is 1. The van der Waals surface area contributed by atoms with Crippen LogP contribution in [-0.4, -0.2) is 16.7 Å². The van der Waals surface area contributed by atoms with E-state index in [-0.39, 0.29) is 17.6 Å². The lowest BCUT2D eigenvalue weighted by Crippen LogP contribution is -2.34. The normalized spacial score (nSPS) is 15.9. The molecule has 15 heavy (non-hydrogen) atoms. The van der Waals surface area contributed by atoms with Crippen molar-refractivity contribution in [2.45, 2.75) is 19.8 Å². The van der Waals surface area contributed by atoms with Crippen molar-refractivity contribution in [3.05, 3.63) is 23.9 Å². The third-order valence-corrected chi connectivity index (χ3v) is 2.49. The minimum Gasteiger partial charge on any atom is -0.310 e. The summed E-state index contributed by atoms with van der Waals surface area (Å²) < 4.78 is 0. The molecule has 1 amide bonds. The van der Waals surface area contributed by atoms with Crippen molar-refractivity contribution in [3.8, 4) is 0 Å². The van der Waals surface area contributed by atoms with Gasteiger partial charge in [0.1, 0.15) is 11.6 Å². The first-order valence-electron chi connectivity index (χ1n) is 4.90. The van der Waals surface area contributed by atoms with Crippen LogP contribution in [0.4, 0.5) is 5.82 Å². The molecule has 1 aliphatic rings. The number of carbonyl (C=O) groups excluding carboxylic acids is 2. The van der Waals surface area contributed by atoms with Crippen molar-refractivity contribution >= 4 is 17.5 Å². The number of ketones is 1. The molecule has 2 rings (SSSR count). The highest BCUT2D eigenvalue weighted by molar-refractivity contribution is 6.01. The first kappa shape index (κ1) is 9.83. The highest BCUT2D eigenvalue weighted by atomic mass is 16.2. The molecule has 1 aromatic rings. The van der Waals surface area contributed by atoms with E-state index in [0.717, 1.165) is 5.56 Å². The molecule has 0 aliphatic heterocycles. The van der Waals surface area contributed by atoms with Crippen LogP contribution in [0.25, 0.3) is 0 Å². The van der Waals surface area contributed by atoms with Crippen LogP contribution in [0.1, 0.15) is 18.4 Å². The summed E-state index contributed by atoms with van der Waals surface area (Å²) >= 11 is 0. The number of aromatic nitrogens is 1. The van der Waals surface area contributed by atoms with Crippen LogP contribution in [0.3, 0.4) is 0 Å². The summed E-state index contributed by atoms with van der Waals surface area (Å²) in [5.74, 6) is 0.458. The minimum atomic E-state index is -0.153. The lowest BCUT2D eigenvalue weighted by Gasteiger charge is -2.22. The third kappa shape index (κ3) is 2.21. The fourth-order valence-corrected chi connectivity index (χ4v) is 1.51. The number of anilines is 1. The SMILES string of the molecule is Cc1ccnc(NC(=O)C2CC(=O)C2)c1. The van der Waals surface area contributed by atoms with Crippen molar-refractivity contribution in [1.29, 1.82) is 0 Å². The Hall–Kier alpha value is -1.71. The average molecular weight is 204 g/mol. The third-order valence-electron chi connectivity index (χ3n) is 2.49. The smallest absolute Gasteiger partial charge is 0.229 e. The van der Waals surface area contributed by atoms with E-state index >= 15 is 0 Å². The van der Waals surface area contributed by atoms with Gasteiger partial charge < -0.3 is 5.32 Å². The van der Waals surface area contributed by atoms with Gasteiger partial charge in [-0.3, -0.25) is 9.59 Å². The van der Waals surface area contributed by atoms with E-state index in [2.05, 4.69) is 10.3 Å². The van der Waals surface area contributed by atoms with Gasteiger partial charge in [0.25, 0.3) is 0 Å². The largest absolute Gasteiger partial charge is 0.310 e. The fraction of sp³-hybridized carbons (Fsp3) is 0.364. The van der Waals surface area contributed by atoms with Crippen molar-refractivity contribution in [1.82, 2.24) is 4.98 Å². The number of hydrogen-bond donors (Lipinski definition) is 1. The number of carbonyl (C=O) groups is 2. The number of aryl methyl sites for hydroxylation is 1. The zero-order valence-corrected chi connectivity index (χ0v) is 8.49. The molecule has 1 fully saturated rings. The second kappa shape index (κ2) is 3.81. The predicted molar refractivity (Wildman–Crippen MR) is 55.3 cm³/mol. The summed E-state index contributed by atoms with van der Waals surface area (Å²) in [4.78, 5) is 26.3. The molecule has 0 saturated heterocycles. The van der Waals surface area contributed by atoms with Gasteiger partial charge in [-0.15, -0.1) is 0 Å². The Morgan fingerprint density at radius 3 is 2.87 bits per heavy atom. The highest BCUT2D eigenvalue weighted by Gasteiger charge is 2.32. The maximum atomic E-state index is 11.5. The van der Waals surface area contributed by atoms with Crippen LogP contribution in [0, 0.1) is 12.8 Å². The van der Waals surface area contributed by atoms with E-state index in [9.17, 15) is 9.59 Å². The van der Waals surface area contributed by atoms with E-state index in [4.69, 9.17) is 0 Å². The molecule has 1 N–H and O–H groups in total. The van der Waals surface area contributed by atoms with Gasteiger partial charge in [-0.1, -0.05) is 0 Å². The maximum Gasteiger partial charge on any atom is 0.229 e. The molecule has 0 bridgehead atoms. The number of nitrogens with zero attached hydrogens (tertiary/aromatic N) is 1. The minimum absolute atomic E-state index is 0.104. The summed E-state index contributed by atoms with van der Waals surface area (Å²) in [6.45, 7) is 1.93. The van der Waals surface area contributed by atoms with Gasteiger partial charge in [0.15, 0.2) is 0 Å². The standard InChI is InChI=1S/C11H12N2O2/c1-7-2-3-12-10(4-7)13-11(15)8-5-9(14)6-8/h2-4,8H,5-6H2,1H3,(H,12,13,15). The number of pyridine rings is 1. The van der Waals surface area contributed by atoms with Crippen molar-refractivity contribution in [3.63, 3.8) is 0 Å². The van der Waals surface area contributed by atoms with Crippen LogP contribution < -0.4 is 5.32 Å². The van der Waals surface area contributed by atoms with Crippen LogP contribution in [-0.2, 0) is 9.59 Å². The molecule has 1 heterocycles. The first-order chi connectivity index (χ1) is 7.15. The summed E-state index contributed by atoms with van der Waals surface area (Å²) in [5, 5.41) is 2.70. The molecular weight excluding hydrogens is 192 g/mol. The lowest BCUT2D eigenvalue weighted by atomic mass is 9.83. The Morgan fingerprint density at radius 1 is 1.53 bits per heavy atom. The van der Waals surface area contributed by atoms with Crippen molar-refractivity contribution < 1.29 is 9.59 Å². The molecule has 0 atom stereocenters. The number of nitrogens with one attached hydrogen (secondary N) is 1. The van der Waals surface area contributed by atoms with Gasteiger partial charge in [-0.05, 0) is 24.6 Å². The molecule has 0 aromatic carbocycles. The van der Waals surface area contributed by atoms with E-state index in [1.54, 1.807) is 12.3 Å². The molecular formula is C11H12N2O2. The number of Topliss-reactive ketones (excluding diaryl/α,β-unsaturated/α-hetero) is 1. The second-order valence-corrected chi connectivity index (χ2v) is 3.85. The van der Waals surface area contributed by atoms with Crippen LogP contribution in [0.2, 0.25) is 0 Å². The monoisotopic (exact) mass is 204 g/mol. The van der Waals surface area contributed by atoms with E-state index in [0.29, 0.717) is 18.7 Å². The topological polar surface area (TPSA) is 59.1 Å². The molecule has 4 heteroatoms. The Morgan fingerprint density at radius 2 is 2.27 bits per heavy atom. The Bertz CT molecular complexity index is 407. The number of rotatable bonds is 2. The Kier molecular flexibility index (Phi) is 2.49. The van der Waals surface area contributed by atoms with Gasteiger partial charge in [-0.25, -0.2) is 4.98 Å². The summed E-state index contributed by atoms with van der Waals surface area (Å²) in [6, 6.07) is 3.67. The van der Waals surface area contributed by atoms with Gasteiger partial charge in [0, 0.05) is 19.0 Å². The van der Waals surface area contributed by atoms with Gasteiger partial charge in [0.2, 0.25) is 5.91 Å². The maximum absolute atomic E-state index is 11.5. The Labute approximate surface area is 87.7 Å². The molecule has 4 nitrogen and oxygen atoms in total. The van der Waals surface area contributed by atoms with E-state index < -0.39 is 0 Å². The Balaban J connectivity index is 1.97. The molecule has 0 radical (unpaired) electrons. The highest BCUT2D eigenvalue weighted by Crippen LogP contribution is 2.23. The van der Waals surface area contributed by atoms with Crippen LogP contribution in [0.5, 0.6) is 0 Å². The first-order valence-corrected chi connectivity index (χ1v) is 4.90. The van der Waals surface area contributed by atoms with E-state index in [1.165, 1.54) is 0 Å². The predicted octanol–water partition coefficient (Wildman–Crippen LogP) is 1.31. The quantitative estimate of drug-likeness (QED) is 0.790. The lowest BCUT2D eigenvalue weighted by molar-refractivity contribution is -0.135. The number of hydrogen-bond acceptors (Lipinski definition) is 3. The van der Waals surface area contributed by atoms with Gasteiger partial charge in [-0.2, -0.15) is 0 Å². The molecule has 1 aromatic heterocycles. The zero-order chi connectivity index (χ0) is 10.8. The van der Waals surface area contributed by atoms with Crippen molar-refractivity contribution in [2.24, 2.45) is 5.92 Å². The van der Waals surface area contributed by atoms with Crippen LogP contribution in [0.15, 0.2) is 18.3 Å². The van der Waals surface area contributed by atoms with Crippen molar-refractivity contribution in [2.75, 3.05) is 5.32 Å². The molecule has 0 unspecified atom stereocenters. The molecule has 1 saturated carbocycles. The molecule has 1 aliphatic carbocycles. The molecule has 78 valence electrons. The second-order valence-electron chi connectivity index (χ2n) is 3.85. The average Bonchev–Trinajstić information content (AvgIpc) is 2.13.